The SMILES string of the molecule is CC(C)(C)OC(=O)NC1(CC(=O)O)CCNCC1. The van der Waals surface area contributed by atoms with Crippen LogP contribution in [0.4, 0.5) is 4.79 Å². The summed E-state index contributed by atoms with van der Waals surface area (Å²) in [7, 11) is 0. The highest BCUT2D eigenvalue weighted by Crippen LogP contribution is 2.23. The predicted molar refractivity (Wildman–Crippen MR) is 66.5 cm³/mol. The van der Waals surface area contributed by atoms with Crippen LogP contribution in [0.1, 0.15) is 40.0 Å². The molecule has 6 nitrogen and oxygen atoms in total. The third-order valence-electron chi connectivity index (χ3n) is 2.82. The number of carboxylic acids is 1. The second-order valence-corrected chi connectivity index (χ2v) is 5.73. The summed E-state index contributed by atoms with van der Waals surface area (Å²) in [6.45, 7) is 6.72. The van der Waals surface area contributed by atoms with Crippen LogP contribution in [0.2, 0.25) is 0 Å². The third-order valence-corrected chi connectivity index (χ3v) is 2.82. The van der Waals surface area contributed by atoms with E-state index in [-0.39, 0.29) is 6.42 Å². The molecule has 0 bridgehead atoms. The minimum absolute atomic E-state index is 0.0755. The molecule has 1 aliphatic rings. The Balaban J connectivity index is 2.66. The standard InChI is InChI=1S/C12H22N2O4/c1-11(2,3)18-10(17)14-12(8-9(15)16)4-6-13-7-5-12/h13H,4-8H2,1-3H3,(H,14,17)(H,15,16). The van der Waals surface area contributed by atoms with E-state index in [1.807, 2.05) is 0 Å². The Kier molecular flexibility index (Phi) is 4.56. The molecule has 1 amide bonds. The lowest BCUT2D eigenvalue weighted by Crippen LogP contribution is -2.56. The van der Waals surface area contributed by atoms with Crippen molar-refractivity contribution in [3.8, 4) is 0 Å². The number of carboxylic acid groups (broad SMARTS) is 1. The van der Waals surface area contributed by atoms with Gasteiger partial charge in [-0.3, -0.25) is 4.79 Å². The zero-order valence-corrected chi connectivity index (χ0v) is 11.2. The molecule has 0 aromatic rings. The zero-order valence-electron chi connectivity index (χ0n) is 11.2. The van der Waals surface area contributed by atoms with Crippen molar-refractivity contribution in [2.45, 2.75) is 51.2 Å². The molecule has 0 saturated carbocycles. The number of aliphatic carboxylic acids is 1. The number of hydrogen-bond donors (Lipinski definition) is 3. The Hall–Kier alpha value is -1.30. The molecule has 0 aromatic heterocycles. The molecule has 0 spiro atoms. The van der Waals surface area contributed by atoms with Crippen LogP contribution in [0.3, 0.4) is 0 Å². The van der Waals surface area contributed by atoms with Crippen molar-refractivity contribution in [1.29, 1.82) is 0 Å². The van der Waals surface area contributed by atoms with Gasteiger partial charge in [-0.1, -0.05) is 0 Å². The molecule has 104 valence electrons. The van der Waals surface area contributed by atoms with Crippen LogP contribution >= 0.6 is 0 Å². The van der Waals surface area contributed by atoms with E-state index in [2.05, 4.69) is 10.6 Å². The number of hydrogen-bond acceptors (Lipinski definition) is 4. The number of alkyl carbamates (subject to hydrolysis) is 1. The fourth-order valence-corrected chi connectivity index (χ4v) is 2.06. The second kappa shape index (κ2) is 5.56. The van der Waals surface area contributed by atoms with Gasteiger partial charge in [0.25, 0.3) is 0 Å². The number of amides is 1. The monoisotopic (exact) mass is 258 g/mol. The van der Waals surface area contributed by atoms with Crippen molar-refractivity contribution >= 4 is 12.1 Å². The number of piperidine rings is 1. The van der Waals surface area contributed by atoms with Crippen LogP contribution in [0.5, 0.6) is 0 Å². The maximum absolute atomic E-state index is 11.8. The van der Waals surface area contributed by atoms with Gasteiger partial charge in [0, 0.05) is 0 Å². The second-order valence-electron chi connectivity index (χ2n) is 5.73. The van der Waals surface area contributed by atoms with Gasteiger partial charge >= 0.3 is 12.1 Å². The van der Waals surface area contributed by atoms with Crippen molar-refractivity contribution in [2.24, 2.45) is 0 Å². The summed E-state index contributed by atoms with van der Waals surface area (Å²) in [5.74, 6) is -0.909. The molecule has 0 aliphatic carbocycles. The van der Waals surface area contributed by atoms with Gasteiger partial charge in [-0.15, -0.1) is 0 Å². The van der Waals surface area contributed by atoms with E-state index < -0.39 is 23.2 Å². The van der Waals surface area contributed by atoms with E-state index in [0.29, 0.717) is 25.9 Å². The van der Waals surface area contributed by atoms with Gasteiger partial charge in [0.1, 0.15) is 5.60 Å². The van der Waals surface area contributed by atoms with E-state index >= 15 is 0 Å². The van der Waals surface area contributed by atoms with E-state index in [4.69, 9.17) is 9.84 Å². The van der Waals surface area contributed by atoms with Gasteiger partial charge in [0.05, 0.1) is 12.0 Å². The van der Waals surface area contributed by atoms with Crippen molar-refractivity contribution in [3.05, 3.63) is 0 Å². The van der Waals surface area contributed by atoms with Crippen LogP contribution in [-0.4, -0.2) is 41.4 Å². The maximum atomic E-state index is 11.8. The average Bonchev–Trinajstić information content (AvgIpc) is 2.13. The van der Waals surface area contributed by atoms with E-state index in [1.165, 1.54) is 0 Å². The van der Waals surface area contributed by atoms with Crippen LogP contribution in [-0.2, 0) is 9.53 Å². The van der Waals surface area contributed by atoms with Crippen molar-refractivity contribution in [3.63, 3.8) is 0 Å². The lowest BCUT2D eigenvalue weighted by molar-refractivity contribution is -0.139. The molecular weight excluding hydrogens is 236 g/mol. The molecule has 6 heteroatoms. The quantitative estimate of drug-likeness (QED) is 0.705. The molecule has 0 radical (unpaired) electrons. The molecule has 1 heterocycles. The smallest absolute Gasteiger partial charge is 0.408 e. The van der Waals surface area contributed by atoms with E-state index in [9.17, 15) is 9.59 Å². The Labute approximate surface area is 107 Å². The summed E-state index contributed by atoms with van der Waals surface area (Å²) in [4.78, 5) is 22.7. The molecule has 1 aliphatic heterocycles. The Morgan fingerprint density at radius 3 is 2.33 bits per heavy atom. The molecule has 3 N–H and O–H groups in total. The Morgan fingerprint density at radius 2 is 1.89 bits per heavy atom. The number of carbonyl (C=O) groups is 2. The number of nitrogens with one attached hydrogen (secondary N) is 2. The molecule has 0 aromatic carbocycles. The zero-order chi connectivity index (χ0) is 13.8. The summed E-state index contributed by atoms with van der Waals surface area (Å²) >= 11 is 0. The van der Waals surface area contributed by atoms with Crippen molar-refractivity contribution in [1.82, 2.24) is 10.6 Å². The Bertz CT molecular complexity index is 317. The van der Waals surface area contributed by atoms with Crippen molar-refractivity contribution in [2.75, 3.05) is 13.1 Å². The lowest BCUT2D eigenvalue weighted by atomic mass is 9.85. The number of rotatable bonds is 3. The fourth-order valence-electron chi connectivity index (χ4n) is 2.06. The van der Waals surface area contributed by atoms with Crippen LogP contribution in [0.15, 0.2) is 0 Å². The largest absolute Gasteiger partial charge is 0.481 e. The first kappa shape index (κ1) is 14.8. The topological polar surface area (TPSA) is 87.7 Å². The fraction of sp³-hybridized carbons (Fsp3) is 0.833. The molecular formula is C12H22N2O4. The van der Waals surface area contributed by atoms with Crippen LogP contribution in [0.25, 0.3) is 0 Å². The number of carbonyl (C=O) groups excluding carboxylic acids is 1. The summed E-state index contributed by atoms with van der Waals surface area (Å²) < 4.78 is 5.18. The first-order valence-electron chi connectivity index (χ1n) is 6.16. The van der Waals surface area contributed by atoms with E-state index in [1.54, 1.807) is 20.8 Å². The minimum atomic E-state index is -0.909. The molecule has 18 heavy (non-hydrogen) atoms. The molecule has 1 fully saturated rings. The van der Waals surface area contributed by atoms with E-state index in [0.717, 1.165) is 0 Å². The van der Waals surface area contributed by atoms with Gasteiger partial charge in [0.2, 0.25) is 0 Å². The normalized spacial score (nSPS) is 19.1. The predicted octanol–water partition coefficient (Wildman–Crippen LogP) is 1.11. The van der Waals surface area contributed by atoms with Crippen LogP contribution in [0, 0.1) is 0 Å². The first-order valence-corrected chi connectivity index (χ1v) is 6.16. The van der Waals surface area contributed by atoms with Gasteiger partial charge in [-0.2, -0.15) is 0 Å². The van der Waals surface area contributed by atoms with Gasteiger partial charge < -0.3 is 20.5 Å². The highest BCUT2D eigenvalue weighted by atomic mass is 16.6. The maximum Gasteiger partial charge on any atom is 0.408 e. The molecule has 0 unspecified atom stereocenters. The van der Waals surface area contributed by atoms with Gasteiger partial charge in [-0.25, -0.2) is 4.79 Å². The lowest BCUT2D eigenvalue weighted by Gasteiger charge is -2.37. The summed E-state index contributed by atoms with van der Waals surface area (Å²) in [6, 6.07) is 0. The molecule has 1 saturated heterocycles. The minimum Gasteiger partial charge on any atom is -0.481 e. The summed E-state index contributed by atoms with van der Waals surface area (Å²) in [5.41, 5.74) is -1.28. The van der Waals surface area contributed by atoms with Crippen molar-refractivity contribution < 1.29 is 19.4 Å². The average molecular weight is 258 g/mol. The Morgan fingerprint density at radius 1 is 1.33 bits per heavy atom. The summed E-state index contributed by atoms with van der Waals surface area (Å²) in [5, 5.41) is 14.9. The highest BCUT2D eigenvalue weighted by molar-refractivity contribution is 5.73. The number of ether oxygens (including phenoxy) is 1. The first-order chi connectivity index (χ1) is 8.22. The van der Waals surface area contributed by atoms with Gasteiger partial charge in [0.15, 0.2) is 0 Å². The van der Waals surface area contributed by atoms with Gasteiger partial charge in [-0.05, 0) is 46.7 Å². The van der Waals surface area contributed by atoms with Crippen LogP contribution < -0.4 is 10.6 Å². The molecule has 1 rings (SSSR count). The third kappa shape index (κ3) is 4.91. The highest BCUT2D eigenvalue weighted by Gasteiger charge is 2.37. The molecule has 0 atom stereocenters. The summed E-state index contributed by atoms with van der Waals surface area (Å²) in [6.07, 6.45) is 0.566.